The molecule has 1 fully saturated rings. The molecule has 0 atom stereocenters. The summed E-state index contributed by atoms with van der Waals surface area (Å²) in [5.41, 5.74) is 2.36. The molecule has 1 aromatic heterocycles. The van der Waals surface area contributed by atoms with Crippen LogP contribution in [0.15, 0.2) is 18.3 Å². The average molecular weight is 205 g/mol. The van der Waals surface area contributed by atoms with Crippen LogP contribution in [0.4, 0.5) is 5.69 Å². The van der Waals surface area contributed by atoms with Crippen molar-refractivity contribution in [2.75, 3.05) is 25.0 Å². The summed E-state index contributed by atoms with van der Waals surface area (Å²) in [5, 5.41) is 3.31. The van der Waals surface area contributed by atoms with Gasteiger partial charge in [0.2, 0.25) is 0 Å². The number of likely N-dealkylation sites (tertiary alicyclic amines) is 1. The van der Waals surface area contributed by atoms with Crippen LogP contribution >= 0.6 is 0 Å². The van der Waals surface area contributed by atoms with E-state index < -0.39 is 0 Å². The summed E-state index contributed by atoms with van der Waals surface area (Å²) in [4.78, 5) is 6.87. The van der Waals surface area contributed by atoms with Gasteiger partial charge in [0.15, 0.2) is 0 Å². The van der Waals surface area contributed by atoms with Crippen LogP contribution in [-0.2, 0) is 6.54 Å². The molecule has 1 aromatic rings. The summed E-state index contributed by atoms with van der Waals surface area (Å²) in [6, 6.07) is 4.18. The monoisotopic (exact) mass is 205 g/mol. The van der Waals surface area contributed by atoms with E-state index in [0.717, 1.165) is 13.1 Å². The second-order valence-electron chi connectivity index (χ2n) is 4.05. The van der Waals surface area contributed by atoms with E-state index in [1.807, 2.05) is 12.3 Å². The zero-order chi connectivity index (χ0) is 10.5. The Morgan fingerprint density at radius 3 is 2.93 bits per heavy atom. The summed E-state index contributed by atoms with van der Waals surface area (Å²) >= 11 is 0. The number of hydrogen-bond acceptors (Lipinski definition) is 3. The molecule has 82 valence electrons. The third kappa shape index (κ3) is 2.93. The van der Waals surface area contributed by atoms with Crippen LogP contribution in [0, 0.1) is 0 Å². The first-order valence-electron chi connectivity index (χ1n) is 5.79. The van der Waals surface area contributed by atoms with Crippen molar-refractivity contribution in [1.82, 2.24) is 9.88 Å². The molecule has 3 heteroatoms. The Bertz CT molecular complexity index is 305. The summed E-state index contributed by atoms with van der Waals surface area (Å²) < 4.78 is 0. The first-order chi connectivity index (χ1) is 7.38. The predicted octanol–water partition coefficient (Wildman–Crippen LogP) is 2.11. The standard InChI is InChI=1S/C12H19N3/c1-2-13-11-5-6-14-12(9-11)10-15-7-3-4-8-15/h5-6,9H,2-4,7-8,10H2,1H3,(H,13,14). The van der Waals surface area contributed by atoms with Crippen molar-refractivity contribution in [2.24, 2.45) is 0 Å². The van der Waals surface area contributed by atoms with E-state index in [0.29, 0.717) is 0 Å². The number of nitrogens with zero attached hydrogens (tertiary/aromatic N) is 2. The minimum absolute atomic E-state index is 0.965. The molecule has 0 saturated carbocycles. The fourth-order valence-electron chi connectivity index (χ4n) is 2.05. The molecule has 3 nitrogen and oxygen atoms in total. The Hall–Kier alpha value is -1.09. The minimum atomic E-state index is 0.965. The fourth-order valence-corrected chi connectivity index (χ4v) is 2.05. The molecule has 1 aliphatic rings. The highest BCUT2D eigenvalue weighted by Gasteiger charge is 2.12. The van der Waals surface area contributed by atoms with Crippen molar-refractivity contribution >= 4 is 5.69 Å². The van der Waals surface area contributed by atoms with E-state index in [4.69, 9.17) is 0 Å². The fraction of sp³-hybridized carbons (Fsp3) is 0.583. The number of aromatic nitrogens is 1. The average Bonchev–Trinajstić information content (AvgIpc) is 2.71. The molecule has 2 heterocycles. The van der Waals surface area contributed by atoms with Gasteiger partial charge in [-0.15, -0.1) is 0 Å². The third-order valence-electron chi connectivity index (χ3n) is 2.78. The highest BCUT2D eigenvalue weighted by molar-refractivity contribution is 5.42. The van der Waals surface area contributed by atoms with Crippen LogP contribution in [0.3, 0.4) is 0 Å². The summed E-state index contributed by atoms with van der Waals surface area (Å²) in [5.74, 6) is 0. The molecular weight excluding hydrogens is 186 g/mol. The van der Waals surface area contributed by atoms with Crippen LogP contribution < -0.4 is 5.32 Å². The van der Waals surface area contributed by atoms with Crippen LogP contribution in [0.5, 0.6) is 0 Å². The van der Waals surface area contributed by atoms with E-state index in [9.17, 15) is 0 Å². The van der Waals surface area contributed by atoms with Gasteiger partial charge in [0.25, 0.3) is 0 Å². The number of nitrogens with one attached hydrogen (secondary N) is 1. The molecule has 0 bridgehead atoms. The summed E-state index contributed by atoms with van der Waals surface area (Å²) in [6.45, 7) is 6.53. The number of rotatable bonds is 4. The number of pyridine rings is 1. The molecule has 0 radical (unpaired) electrons. The van der Waals surface area contributed by atoms with E-state index in [1.165, 1.54) is 37.3 Å². The Morgan fingerprint density at radius 2 is 2.20 bits per heavy atom. The van der Waals surface area contributed by atoms with Crippen molar-refractivity contribution in [3.8, 4) is 0 Å². The Balaban J connectivity index is 1.97. The molecule has 0 aromatic carbocycles. The molecule has 1 aliphatic heterocycles. The van der Waals surface area contributed by atoms with Gasteiger partial charge in [0.1, 0.15) is 0 Å². The van der Waals surface area contributed by atoms with Crippen molar-refractivity contribution < 1.29 is 0 Å². The summed E-state index contributed by atoms with van der Waals surface area (Å²) in [6.07, 6.45) is 4.57. The van der Waals surface area contributed by atoms with Crippen LogP contribution in [0.25, 0.3) is 0 Å². The number of hydrogen-bond donors (Lipinski definition) is 1. The molecule has 2 rings (SSSR count). The maximum Gasteiger partial charge on any atom is 0.0564 e. The first kappa shape index (κ1) is 10.4. The second-order valence-corrected chi connectivity index (χ2v) is 4.05. The zero-order valence-electron chi connectivity index (χ0n) is 9.37. The molecule has 0 amide bonds. The van der Waals surface area contributed by atoms with Gasteiger partial charge in [0.05, 0.1) is 5.69 Å². The molecule has 15 heavy (non-hydrogen) atoms. The van der Waals surface area contributed by atoms with Crippen molar-refractivity contribution in [3.63, 3.8) is 0 Å². The van der Waals surface area contributed by atoms with Gasteiger partial charge >= 0.3 is 0 Å². The predicted molar refractivity (Wildman–Crippen MR) is 62.9 cm³/mol. The van der Waals surface area contributed by atoms with Crippen molar-refractivity contribution in [2.45, 2.75) is 26.3 Å². The van der Waals surface area contributed by atoms with Gasteiger partial charge in [-0.05, 0) is 45.0 Å². The zero-order valence-corrected chi connectivity index (χ0v) is 9.37. The molecule has 0 spiro atoms. The van der Waals surface area contributed by atoms with Gasteiger partial charge in [0, 0.05) is 25.0 Å². The van der Waals surface area contributed by atoms with Crippen molar-refractivity contribution in [3.05, 3.63) is 24.0 Å². The lowest BCUT2D eigenvalue weighted by atomic mass is 10.3. The highest BCUT2D eigenvalue weighted by Crippen LogP contribution is 2.13. The Labute approximate surface area is 91.5 Å². The smallest absolute Gasteiger partial charge is 0.0564 e. The van der Waals surface area contributed by atoms with E-state index in [-0.39, 0.29) is 0 Å². The molecule has 0 aliphatic carbocycles. The van der Waals surface area contributed by atoms with Crippen molar-refractivity contribution in [1.29, 1.82) is 0 Å². The lowest BCUT2D eigenvalue weighted by molar-refractivity contribution is 0.327. The number of anilines is 1. The van der Waals surface area contributed by atoms with Crippen LogP contribution in [0.1, 0.15) is 25.5 Å². The minimum Gasteiger partial charge on any atom is -0.385 e. The maximum absolute atomic E-state index is 4.40. The van der Waals surface area contributed by atoms with E-state index in [1.54, 1.807) is 0 Å². The van der Waals surface area contributed by atoms with Gasteiger partial charge in [-0.2, -0.15) is 0 Å². The van der Waals surface area contributed by atoms with E-state index in [2.05, 4.69) is 28.2 Å². The normalized spacial score (nSPS) is 16.9. The summed E-state index contributed by atoms with van der Waals surface area (Å²) in [7, 11) is 0. The molecule has 0 unspecified atom stereocenters. The molecular formula is C12H19N3. The van der Waals surface area contributed by atoms with Gasteiger partial charge in [-0.1, -0.05) is 0 Å². The van der Waals surface area contributed by atoms with Crippen LogP contribution in [-0.4, -0.2) is 29.5 Å². The molecule has 1 N–H and O–H groups in total. The second kappa shape index (κ2) is 5.12. The van der Waals surface area contributed by atoms with Crippen LogP contribution in [0.2, 0.25) is 0 Å². The lowest BCUT2D eigenvalue weighted by Gasteiger charge is -2.14. The molecule has 1 saturated heterocycles. The van der Waals surface area contributed by atoms with Gasteiger partial charge in [-0.25, -0.2) is 0 Å². The third-order valence-corrected chi connectivity index (χ3v) is 2.78. The quantitative estimate of drug-likeness (QED) is 0.816. The highest BCUT2D eigenvalue weighted by atomic mass is 15.1. The lowest BCUT2D eigenvalue weighted by Crippen LogP contribution is -2.19. The van der Waals surface area contributed by atoms with E-state index >= 15 is 0 Å². The topological polar surface area (TPSA) is 28.2 Å². The maximum atomic E-state index is 4.40. The Kier molecular flexibility index (Phi) is 3.56. The van der Waals surface area contributed by atoms with Gasteiger partial charge in [-0.3, -0.25) is 9.88 Å². The largest absolute Gasteiger partial charge is 0.385 e. The van der Waals surface area contributed by atoms with Gasteiger partial charge < -0.3 is 5.32 Å². The first-order valence-corrected chi connectivity index (χ1v) is 5.79. The SMILES string of the molecule is CCNc1ccnc(CN2CCCC2)c1. The Morgan fingerprint density at radius 1 is 1.40 bits per heavy atom.